The number of likely N-dealkylation sites (N-methyl/N-ethyl adjacent to an activating group) is 1. The summed E-state index contributed by atoms with van der Waals surface area (Å²) in [6.45, 7) is 6.28. The Hall–Kier alpha value is -1.46. The molecule has 2 fully saturated rings. The molecule has 1 amide bonds. The first kappa shape index (κ1) is 16.4. The van der Waals surface area contributed by atoms with Gasteiger partial charge in [-0.2, -0.15) is 0 Å². The minimum atomic E-state index is -0.199. The molecule has 0 aromatic heterocycles. The van der Waals surface area contributed by atoms with E-state index >= 15 is 0 Å². The molecule has 126 valence electrons. The number of carbonyl (C=O) groups excluding carboxylic acids is 1. The average molecular weight is 319 g/mol. The second-order valence-electron chi connectivity index (χ2n) is 6.83. The highest BCUT2D eigenvalue weighted by atomic mass is 19.1. The number of hydrogen-bond acceptors (Lipinski definition) is 3. The van der Waals surface area contributed by atoms with Gasteiger partial charge in [0.05, 0.1) is 5.92 Å². The third-order valence-electron chi connectivity index (χ3n) is 4.99. The number of hydrogen-bond donors (Lipinski definition) is 0. The van der Waals surface area contributed by atoms with Crippen LogP contribution in [0.4, 0.5) is 4.39 Å². The van der Waals surface area contributed by atoms with Gasteiger partial charge in [0.1, 0.15) is 5.82 Å². The standard InChI is InChI=1S/C18H26FN3O/c1-20-9-11-22(12-10-20)18(23)16-3-2-8-21(14-16)13-15-4-6-17(19)7-5-15/h4-7,16H,2-3,8-14H2,1H3. The molecule has 0 radical (unpaired) electrons. The smallest absolute Gasteiger partial charge is 0.227 e. The first-order chi connectivity index (χ1) is 11.1. The Morgan fingerprint density at radius 2 is 1.83 bits per heavy atom. The van der Waals surface area contributed by atoms with E-state index in [4.69, 9.17) is 0 Å². The summed E-state index contributed by atoms with van der Waals surface area (Å²) in [5.74, 6) is 0.241. The summed E-state index contributed by atoms with van der Waals surface area (Å²) in [6, 6.07) is 6.68. The molecular weight excluding hydrogens is 293 g/mol. The minimum absolute atomic E-state index is 0.118. The Labute approximate surface area is 137 Å². The molecule has 23 heavy (non-hydrogen) atoms. The Balaban J connectivity index is 1.55. The molecule has 0 N–H and O–H groups in total. The van der Waals surface area contributed by atoms with Gasteiger partial charge in [-0.05, 0) is 44.1 Å². The second kappa shape index (κ2) is 7.41. The fourth-order valence-electron chi connectivity index (χ4n) is 3.53. The van der Waals surface area contributed by atoms with Crippen LogP contribution in [0, 0.1) is 11.7 Å². The first-order valence-corrected chi connectivity index (χ1v) is 8.56. The third kappa shape index (κ3) is 4.30. The number of piperidine rings is 1. The number of carbonyl (C=O) groups is 1. The molecule has 2 aliphatic heterocycles. The lowest BCUT2D eigenvalue weighted by Gasteiger charge is -2.38. The third-order valence-corrected chi connectivity index (χ3v) is 4.99. The van der Waals surface area contributed by atoms with Crippen molar-refractivity contribution < 1.29 is 9.18 Å². The monoisotopic (exact) mass is 319 g/mol. The molecule has 0 spiro atoms. The van der Waals surface area contributed by atoms with Crippen molar-refractivity contribution in [3.63, 3.8) is 0 Å². The summed E-state index contributed by atoms with van der Waals surface area (Å²) in [7, 11) is 2.10. The van der Waals surface area contributed by atoms with Gasteiger partial charge in [0.25, 0.3) is 0 Å². The highest BCUT2D eigenvalue weighted by molar-refractivity contribution is 5.79. The summed E-state index contributed by atoms with van der Waals surface area (Å²) < 4.78 is 13.0. The lowest BCUT2D eigenvalue weighted by Crippen LogP contribution is -2.51. The molecule has 5 heteroatoms. The number of halogens is 1. The lowest BCUT2D eigenvalue weighted by molar-refractivity contribution is -0.139. The largest absolute Gasteiger partial charge is 0.340 e. The van der Waals surface area contributed by atoms with Crippen molar-refractivity contribution >= 4 is 5.91 Å². The van der Waals surface area contributed by atoms with Crippen LogP contribution < -0.4 is 0 Å². The number of likely N-dealkylation sites (tertiary alicyclic amines) is 1. The molecule has 0 bridgehead atoms. The number of rotatable bonds is 3. The zero-order valence-corrected chi connectivity index (χ0v) is 13.9. The van der Waals surface area contributed by atoms with E-state index in [2.05, 4.69) is 16.8 Å². The number of benzene rings is 1. The highest BCUT2D eigenvalue weighted by Gasteiger charge is 2.30. The number of amides is 1. The molecule has 3 rings (SSSR count). The number of piperazine rings is 1. The summed E-state index contributed by atoms with van der Waals surface area (Å²) in [6.07, 6.45) is 2.05. The van der Waals surface area contributed by atoms with Crippen LogP contribution in [0.15, 0.2) is 24.3 Å². The van der Waals surface area contributed by atoms with Gasteiger partial charge in [0.15, 0.2) is 0 Å². The molecule has 4 nitrogen and oxygen atoms in total. The van der Waals surface area contributed by atoms with E-state index in [1.807, 2.05) is 17.0 Å². The Kier molecular flexibility index (Phi) is 5.28. The van der Waals surface area contributed by atoms with Crippen molar-refractivity contribution in [1.82, 2.24) is 14.7 Å². The summed E-state index contributed by atoms with van der Waals surface area (Å²) in [4.78, 5) is 19.4. The van der Waals surface area contributed by atoms with Crippen molar-refractivity contribution in [2.45, 2.75) is 19.4 Å². The van der Waals surface area contributed by atoms with Crippen LogP contribution in [0.2, 0.25) is 0 Å². The van der Waals surface area contributed by atoms with Crippen molar-refractivity contribution in [1.29, 1.82) is 0 Å². The van der Waals surface area contributed by atoms with Crippen LogP contribution in [0.5, 0.6) is 0 Å². The van der Waals surface area contributed by atoms with Crippen molar-refractivity contribution in [3.8, 4) is 0 Å². The van der Waals surface area contributed by atoms with Gasteiger partial charge in [-0.25, -0.2) is 4.39 Å². The summed E-state index contributed by atoms with van der Waals surface area (Å²) >= 11 is 0. The maximum absolute atomic E-state index is 13.0. The maximum atomic E-state index is 13.0. The Morgan fingerprint density at radius 3 is 2.52 bits per heavy atom. The van der Waals surface area contributed by atoms with Crippen molar-refractivity contribution in [3.05, 3.63) is 35.6 Å². The van der Waals surface area contributed by atoms with E-state index in [1.165, 1.54) is 12.1 Å². The van der Waals surface area contributed by atoms with E-state index in [0.717, 1.165) is 64.2 Å². The molecule has 1 aromatic rings. The van der Waals surface area contributed by atoms with Crippen LogP contribution in [-0.2, 0) is 11.3 Å². The molecule has 2 saturated heterocycles. The van der Waals surface area contributed by atoms with E-state index in [1.54, 1.807) is 0 Å². The zero-order valence-electron chi connectivity index (χ0n) is 13.9. The van der Waals surface area contributed by atoms with Crippen molar-refractivity contribution in [2.24, 2.45) is 5.92 Å². The minimum Gasteiger partial charge on any atom is -0.340 e. The first-order valence-electron chi connectivity index (χ1n) is 8.56. The molecule has 1 atom stereocenters. The van der Waals surface area contributed by atoms with E-state index in [-0.39, 0.29) is 11.7 Å². The molecular formula is C18H26FN3O. The highest BCUT2D eigenvalue weighted by Crippen LogP contribution is 2.21. The van der Waals surface area contributed by atoms with Crippen LogP contribution in [0.25, 0.3) is 0 Å². The fraction of sp³-hybridized carbons (Fsp3) is 0.611. The second-order valence-corrected chi connectivity index (χ2v) is 6.83. The summed E-state index contributed by atoms with van der Waals surface area (Å²) in [5.41, 5.74) is 1.11. The molecule has 0 aliphatic carbocycles. The SMILES string of the molecule is CN1CCN(C(=O)C2CCCN(Cc3ccc(F)cc3)C2)CC1. The van der Waals surface area contributed by atoms with Crippen LogP contribution in [0.1, 0.15) is 18.4 Å². The van der Waals surface area contributed by atoms with Gasteiger partial charge in [-0.1, -0.05) is 12.1 Å². The Bertz CT molecular complexity index is 526. The topological polar surface area (TPSA) is 26.8 Å². The van der Waals surface area contributed by atoms with Gasteiger partial charge in [0.2, 0.25) is 5.91 Å². The quantitative estimate of drug-likeness (QED) is 0.850. The molecule has 2 aliphatic rings. The maximum Gasteiger partial charge on any atom is 0.227 e. The van der Waals surface area contributed by atoms with E-state index in [0.29, 0.717) is 5.91 Å². The molecule has 2 heterocycles. The van der Waals surface area contributed by atoms with Gasteiger partial charge in [0, 0.05) is 39.3 Å². The average Bonchev–Trinajstić information content (AvgIpc) is 2.57. The molecule has 1 aromatic carbocycles. The molecule has 0 saturated carbocycles. The van der Waals surface area contributed by atoms with Crippen molar-refractivity contribution in [2.75, 3.05) is 46.3 Å². The Morgan fingerprint density at radius 1 is 1.13 bits per heavy atom. The number of nitrogens with zero attached hydrogens (tertiary/aromatic N) is 3. The lowest BCUT2D eigenvalue weighted by atomic mass is 9.95. The predicted molar refractivity (Wildman–Crippen MR) is 88.5 cm³/mol. The van der Waals surface area contributed by atoms with Gasteiger partial charge in [-0.15, -0.1) is 0 Å². The predicted octanol–water partition coefficient (Wildman–Crippen LogP) is 1.81. The normalized spacial score (nSPS) is 23.9. The van der Waals surface area contributed by atoms with E-state index < -0.39 is 0 Å². The molecule has 1 unspecified atom stereocenters. The van der Waals surface area contributed by atoms with Crippen LogP contribution in [0.3, 0.4) is 0 Å². The van der Waals surface area contributed by atoms with E-state index in [9.17, 15) is 9.18 Å². The van der Waals surface area contributed by atoms with Gasteiger partial charge in [-0.3, -0.25) is 9.69 Å². The fourth-order valence-corrected chi connectivity index (χ4v) is 3.53. The zero-order chi connectivity index (χ0) is 16.2. The van der Waals surface area contributed by atoms with Crippen LogP contribution >= 0.6 is 0 Å². The van der Waals surface area contributed by atoms with Crippen LogP contribution in [-0.4, -0.2) is 66.9 Å². The van der Waals surface area contributed by atoms with Gasteiger partial charge >= 0.3 is 0 Å². The summed E-state index contributed by atoms with van der Waals surface area (Å²) in [5, 5.41) is 0. The van der Waals surface area contributed by atoms with Gasteiger partial charge < -0.3 is 9.80 Å².